The van der Waals surface area contributed by atoms with E-state index in [1.54, 1.807) is 13.0 Å². The second kappa shape index (κ2) is 6.78. The molecule has 0 unspecified atom stereocenters. The lowest BCUT2D eigenvalue weighted by molar-refractivity contribution is 0.102. The standard InChI is InChI=1S/C16H16FNO4S/c1-3-22-14-10-11(17)8-9-13(14)18-16(19)12-6-4-5-7-15(12)23(2,20)21/h4-10H,3H2,1-2H3,(H,18,19). The Morgan fingerprint density at radius 1 is 1.22 bits per heavy atom. The normalized spacial score (nSPS) is 11.1. The molecule has 0 heterocycles. The largest absolute Gasteiger partial charge is 0.492 e. The number of nitrogens with one attached hydrogen (secondary N) is 1. The van der Waals surface area contributed by atoms with Crippen molar-refractivity contribution in [2.45, 2.75) is 11.8 Å². The van der Waals surface area contributed by atoms with E-state index in [4.69, 9.17) is 4.74 Å². The van der Waals surface area contributed by atoms with E-state index in [-0.39, 0.29) is 21.9 Å². The summed E-state index contributed by atoms with van der Waals surface area (Å²) in [6, 6.07) is 9.58. The van der Waals surface area contributed by atoms with Crippen LogP contribution in [0.25, 0.3) is 0 Å². The van der Waals surface area contributed by atoms with Crippen molar-refractivity contribution in [1.29, 1.82) is 0 Å². The van der Waals surface area contributed by atoms with Crippen molar-refractivity contribution < 1.29 is 22.3 Å². The third-order valence-corrected chi connectivity index (χ3v) is 4.18. The fourth-order valence-corrected chi connectivity index (χ4v) is 2.93. The molecule has 0 aliphatic heterocycles. The Kier molecular flexibility index (Phi) is 5.00. The van der Waals surface area contributed by atoms with Gasteiger partial charge in [0, 0.05) is 12.3 Å². The number of carbonyl (C=O) groups excluding carboxylic acids is 1. The first kappa shape index (κ1) is 17.0. The van der Waals surface area contributed by atoms with Crippen LogP contribution in [0.3, 0.4) is 0 Å². The van der Waals surface area contributed by atoms with Gasteiger partial charge in [-0.05, 0) is 31.2 Å². The third kappa shape index (κ3) is 4.07. The van der Waals surface area contributed by atoms with E-state index in [1.807, 2.05) is 0 Å². The Balaban J connectivity index is 2.38. The van der Waals surface area contributed by atoms with E-state index in [2.05, 4.69) is 5.32 Å². The number of benzene rings is 2. The molecule has 0 aliphatic rings. The molecule has 122 valence electrons. The van der Waals surface area contributed by atoms with Gasteiger partial charge in [0.2, 0.25) is 0 Å². The molecule has 2 rings (SSSR count). The summed E-state index contributed by atoms with van der Waals surface area (Å²) in [7, 11) is -3.55. The lowest BCUT2D eigenvalue weighted by Crippen LogP contribution is -2.16. The van der Waals surface area contributed by atoms with Crippen molar-refractivity contribution >= 4 is 21.4 Å². The molecule has 0 fully saturated rings. The van der Waals surface area contributed by atoms with E-state index in [0.717, 1.165) is 12.3 Å². The first-order valence-electron chi connectivity index (χ1n) is 6.85. The van der Waals surface area contributed by atoms with Gasteiger partial charge in [0.15, 0.2) is 9.84 Å². The Hall–Kier alpha value is -2.41. The van der Waals surface area contributed by atoms with Crippen molar-refractivity contribution in [1.82, 2.24) is 0 Å². The van der Waals surface area contributed by atoms with E-state index >= 15 is 0 Å². The maximum absolute atomic E-state index is 13.3. The minimum absolute atomic E-state index is 0.0155. The maximum Gasteiger partial charge on any atom is 0.257 e. The Labute approximate surface area is 134 Å². The molecule has 0 radical (unpaired) electrons. The smallest absolute Gasteiger partial charge is 0.257 e. The molecule has 7 heteroatoms. The predicted molar refractivity (Wildman–Crippen MR) is 85.1 cm³/mol. The number of anilines is 1. The van der Waals surface area contributed by atoms with Gasteiger partial charge in [-0.25, -0.2) is 12.8 Å². The second-order valence-corrected chi connectivity index (χ2v) is 6.78. The van der Waals surface area contributed by atoms with Gasteiger partial charge in [-0.15, -0.1) is 0 Å². The Morgan fingerprint density at radius 3 is 2.57 bits per heavy atom. The number of amides is 1. The van der Waals surface area contributed by atoms with Crippen LogP contribution in [0.5, 0.6) is 5.75 Å². The molecule has 2 aromatic rings. The highest BCUT2D eigenvalue weighted by molar-refractivity contribution is 7.90. The zero-order valence-electron chi connectivity index (χ0n) is 12.7. The highest BCUT2D eigenvalue weighted by Gasteiger charge is 2.19. The lowest BCUT2D eigenvalue weighted by Gasteiger charge is -2.13. The van der Waals surface area contributed by atoms with Crippen molar-refractivity contribution in [3.05, 3.63) is 53.8 Å². The Bertz CT molecular complexity index is 834. The van der Waals surface area contributed by atoms with Crippen LogP contribution in [0.2, 0.25) is 0 Å². The van der Waals surface area contributed by atoms with E-state index in [1.165, 1.54) is 30.3 Å². The second-order valence-electron chi connectivity index (χ2n) is 4.80. The van der Waals surface area contributed by atoms with Gasteiger partial charge in [-0.3, -0.25) is 4.79 Å². The number of hydrogen-bond donors (Lipinski definition) is 1. The molecule has 0 saturated heterocycles. The van der Waals surface area contributed by atoms with Gasteiger partial charge in [0.25, 0.3) is 5.91 Å². The average Bonchev–Trinajstić information content (AvgIpc) is 2.49. The van der Waals surface area contributed by atoms with Crippen LogP contribution in [0.4, 0.5) is 10.1 Å². The first-order chi connectivity index (χ1) is 10.8. The molecular formula is C16H16FNO4S. The molecule has 0 atom stereocenters. The fraction of sp³-hybridized carbons (Fsp3) is 0.188. The van der Waals surface area contributed by atoms with Gasteiger partial charge in [-0.1, -0.05) is 12.1 Å². The molecule has 0 spiro atoms. The molecule has 0 saturated carbocycles. The zero-order valence-corrected chi connectivity index (χ0v) is 13.5. The lowest BCUT2D eigenvalue weighted by atomic mass is 10.2. The SMILES string of the molecule is CCOc1cc(F)ccc1NC(=O)c1ccccc1S(C)(=O)=O. The van der Waals surface area contributed by atoms with Crippen molar-refractivity contribution in [3.63, 3.8) is 0 Å². The minimum Gasteiger partial charge on any atom is -0.492 e. The molecule has 0 aliphatic carbocycles. The monoisotopic (exact) mass is 337 g/mol. The van der Waals surface area contributed by atoms with Crippen molar-refractivity contribution in [2.24, 2.45) is 0 Å². The first-order valence-corrected chi connectivity index (χ1v) is 8.75. The summed E-state index contributed by atoms with van der Waals surface area (Å²) in [4.78, 5) is 12.3. The number of hydrogen-bond acceptors (Lipinski definition) is 4. The van der Waals surface area contributed by atoms with Crippen LogP contribution in [-0.4, -0.2) is 27.2 Å². The summed E-state index contributed by atoms with van der Waals surface area (Å²) in [6.45, 7) is 2.03. The number of halogens is 1. The Morgan fingerprint density at radius 2 is 1.91 bits per heavy atom. The third-order valence-electron chi connectivity index (χ3n) is 3.02. The number of sulfone groups is 1. The van der Waals surface area contributed by atoms with Crippen LogP contribution in [0, 0.1) is 5.82 Å². The summed E-state index contributed by atoms with van der Waals surface area (Å²) < 4.78 is 42.1. The molecule has 23 heavy (non-hydrogen) atoms. The maximum atomic E-state index is 13.3. The topological polar surface area (TPSA) is 72.5 Å². The highest BCUT2D eigenvalue weighted by atomic mass is 32.2. The predicted octanol–water partition coefficient (Wildman–Crippen LogP) is 2.88. The van der Waals surface area contributed by atoms with E-state index < -0.39 is 21.6 Å². The summed E-state index contributed by atoms with van der Waals surface area (Å²) in [5.74, 6) is -0.931. The van der Waals surface area contributed by atoms with Gasteiger partial charge >= 0.3 is 0 Å². The van der Waals surface area contributed by atoms with Crippen LogP contribution in [-0.2, 0) is 9.84 Å². The van der Waals surface area contributed by atoms with Gasteiger partial charge in [0.05, 0.1) is 22.8 Å². The van der Waals surface area contributed by atoms with Crippen LogP contribution in [0.15, 0.2) is 47.4 Å². The van der Waals surface area contributed by atoms with Gasteiger partial charge in [-0.2, -0.15) is 0 Å². The fourth-order valence-electron chi connectivity index (χ4n) is 2.04. The number of carbonyl (C=O) groups is 1. The van der Waals surface area contributed by atoms with Crippen LogP contribution >= 0.6 is 0 Å². The number of ether oxygens (including phenoxy) is 1. The summed E-state index contributed by atoms with van der Waals surface area (Å²) in [5.41, 5.74) is 0.281. The molecular weight excluding hydrogens is 321 g/mol. The highest BCUT2D eigenvalue weighted by Crippen LogP contribution is 2.26. The molecule has 0 aromatic heterocycles. The summed E-state index contributed by atoms with van der Waals surface area (Å²) >= 11 is 0. The van der Waals surface area contributed by atoms with Crippen LogP contribution < -0.4 is 10.1 Å². The molecule has 1 N–H and O–H groups in total. The van der Waals surface area contributed by atoms with E-state index in [0.29, 0.717) is 6.61 Å². The molecule has 1 amide bonds. The molecule has 2 aromatic carbocycles. The minimum atomic E-state index is -3.55. The van der Waals surface area contributed by atoms with Crippen LogP contribution in [0.1, 0.15) is 17.3 Å². The zero-order chi connectivity index (χ0) is 17.0. The summed E-state index contributed by atoms with van der Waals surface area (Å²) in [5, 5.41) is 2.56. The van der Waals surface area contributed by atoms with E-state index in [9.17, 15) is 17.6 Å². The summed E-state index contributed by atoms with van der Waals surface area (Å²) in [6.07, 6.45) is 1.03. The van der Waals surface area contributed by atoms with Crippen molar-refractivity contribution in [3.8, 4) is 5.75 Å². The molecule has 5 nitrogen and oxygen atoms in total. The average molecular weight is 337 g/mol. The van der Waals surface area contributed by atoms with Gasteiger partial charge in [0.1, 0.15) is 11.6 Å². The van der Waals surface area contributed by atoms with Crippen molar-refractivity contribution in [2.75, 3.05) is 18.2 Å². The van der Waals surface area contributed by atoms with Gasteiger partial charge < -0.3 is 10.1 Å². The molecule has 0 bridgehead atoms. The number of rotatable bonds is 5. The quantitative estimate of drug-likeness (QED) is 0.910.